The van der Waals surface area contributed by atoms with E-state index in [0.29, 0.717) is 0 Å². The van der Waals surface area contributed by atoms with Crippen molar-refractivity contribution in [2.75, 3.05) is 13.7 Å². The number of amides is 2. The molecule has 8 heteroatoms. The third-order valence-electron chi connectivity index (χ3n) is 3.55. The molecule has 0 bridgehead atoms. The molecule has 128 valence electrons. The Bertz CT molecular complexity index is 873. The Morgan fingerprint density at radius 3 is 2.64 bits per heavy atom. The number of esters is 1. The summed E-state index contributed by atoms with van der Waals surface area (Å²) in [5, 5.41) is -0.483. The van der Waals surface area contributed by atoms with Crippen LogP contribution in [0, 0.1) is 0 Å². The fourth-order valence-electron chi connectivity index (χ4n) is 2.31. The number of rotatable bonds is 4. The lowest BCUT2D eigenvalue weighted by molar-refractivity contribution is -0.143. The zero-order valence-electron chi connectivity index (χ0n) is 13.1. The number of methoxy groups -OCH3 is 1. The summed E-state index contributed by atoms with van der Waals surface area (Å²) < 4.78 is 7.38. The van der Waals surface area contributed by atoms with Crippen molar-refractivity contribution < 1.29 is 19.1 Å². The van der Waals surface area contributed by atoms with Gasteiger partial charge in [-0.05, 0) is 54.2 Å². The van der Waals surface area contributed by atoms with Gasteiger partial charge in [-0.2, -0.15) is 0 Å². The minimum Gasteiger partial charge on any atom is -0.468 e. The van der Waals surface area contributed by atoms with Crippen molar-refractivity contribution in [1.29, 1.82) is 0 Å². The van der Waals surface area contributed by atoms with Gasteiger partial charge in [0, 0.05) is 22.1 Å². The molecule has 2 heterocycles. The number of halogens is 1. The molecule has 0 N–H and O–H groups in total. The van der Waals surface area contributed by atoms with Gasteiger partial charge in [0.1, 0.15) is 6.54 Å². The molecule has 1 aromatic heterocycles. The minimum absolute atomic E-state index is 0.269. The fraction of sp³-hybridized carbons (Fsp3) is 0.118. The van der Waals surface area contributed by atoms with E-state index in [0.717, 1.165) is 32.5 Å². The number of carbonyl (C=O) groups is 3. The number of ether oxygens (including phenoxy) is 1. The number of nitrogens with zero attached hydrogens (tertiary/aromatic N) is 2. The van der Waals surface area contributed by atoms with Gasteiger partial charge >= 0.3 is 5.97 Å². The first kappa shape index (κ1) is 17.5. The molecule has 1 aliphatic heterocycles. The molecule has 1 fully saturated rings. The predicted octanol–water partition coefficient (Wildman–Crippen LogP) is 3.45. The molecule has 1 saturated heterocycles. The Balaban J connectivity index is 1.88. The maximum absolute atomic E-state index is 12.4. The lowest BCUT2D eigenvalue weighted by Crippen LogP contribution is -2.34. The topological polar surface area (TPSA) is 68.6 Å². The average Bonchev–Trinajstić information content (AvgIpc) is 3.16. The van der Waals surface area contributed by atoms with E-state index in [1.165, 1.54) is 7.11 Å². The number of hydrogen-bond donors (Lipinski definition) is 0. The van der Waals surface area contributed by atoms with Gasteiger partial charge in [-0.3, -0.25) is 19.3 Å². The predicted molar refractivity (Wildman–Crippen MR) is 98.2 cm³/mol. The largest absolute Gasteiger partial charge is 0.468 e. The SMILES string of the molecule is COC(=O)CN1C(=O)S/C(=C\c2cccn2-c2ccc(Br)cc2)C1=O. The average molecular weight is 421 g/mol. The standard InChI is InChI=1S/C17H13BrN2O4S/c1-24-15(21)10-20-16(22)14(25-17(20)23)9-13-3-2-8-19(13)12-6-4-11(18)5-7-12/h2-9H,10H2,1H3/b14-9-. The number of imide groups is 1. The summed E-state index contributed by atoms with van der Waals surface area (Å²) in [6.07, 6.45) is 3.51. The summed E-state index contributed by atoms with van der Waals surface area (Å²) in [6, 6.07) is 11.4. The van der Waals surface area contributed by atoms with Gasteiger partial charge in [-0.1, -0.05) is 15.9 Å². The molecule has 6 nitrogen and oxygen atoms in total. The van der Waals surface area contributed by atoms with Gasteiger partial charge in [-0.25, -0.2) is 0 Å². The Labute approximate surface area is 156 Å². The van der Waals surface area contributed by atoms with Crippen molar-refractivity contribution in [3.63, 3.8) is 0 Å². The molecule has 0 atom stereocenters. The number of aromatic nitrogens is 1. The summed E-state index contributed by atoms with van der Waals surface area (Å²) in [5.74, 6) is -1.13. The molecule has 3 rings (SSSR count). The minimum atomic E-state index is -0.637. The summed E-state index contributed by atoms with van der Waals surface area (Å²) in [6.45, 7) is -0.383. The summed E-state index contributed by atoms with van der Waals surface area (Å²) in [4.78, 5) is 36.9. The first-order valence-corrected chi connectivity index (χ1v) is 8.86. The van der Waals surface area contributed by atoms with E-state index < -0.39 is 17.1 Å². The molecule has 0 saturated carbocycles. The highest BCUT2D eigenvalue weighted by Gasteiger charge is 2.36. The first-order valence-electron chi connectivity index (χ1n) is 7.25. The van der Waals surface area contributed by atoms with Crippen molar-refractivity contribution in [2.24, 2.45) is 0 Å². The Hall–Kier alpha value is -2.32. The van der Waals surface area contributed by atoms with E-state index in [4.69, 9.17) is 0 Å². The highest BCUT2D eigenvalue weighted by atomic mass is 79.9. The second-order valence-corrected chi connectivity index (χ2v) is 7.03. The molecular formula is C17H13BrN2O4S. The number of carbonyl (C=O) groups excluding carboxylic acids is 3. The van der Waals surface area contributed by atoms with E-state index in [9.17, 15) is 14.4 Å². The van der Waals surface area contributed by atoms with Crippen LogP contribution in [0.25, 0.3) is 11.8 Å². The Morgan fingerprint density at radius 1 is 1.24 bits per heavy atom. The Morgan fingerprint density at radius 2 is 1.96 bits per heavy atom. The molecule has 0 unspecified atom stereocenters. The van der Waals surface area contributed by atoms with E-state index in [-0.39, 0.29) is 11.4 Å². The van der Waals surface area contributed by atoms with Gasteiger partial charge in [0.25, 0.3) is 11.1 Å². The van der Waals surface area contributed by atoms with Gasteiger partial charge in [0.15, 0.2) is 0 Å². The van der Waals surface area contributed by atoms with E-state index in [2.05, 4.69) is 20.7 Å². The van der Waals surface area contributed by atoms with Crippen LogP contribution in [0.5, 0.6) is 0 Å². The molecule has 0 aliphatic carbocycles. The molecule has 2 aromatic rings. The lowest BCUT2D eigenvalue weighted by atomic mass is 10.3. The quantitative estimate of drug-likeness (QED) is 0.559. The molecule has 25 heavy (non-hydrogen) atoms. The normalized spacial score (nSPS) is 15.9. The molecule has 2 amide bonds. The monoisotopic (exact) mass is 420 g/mol. The Kier molecular flexibility index (Phi) is 5.10. The van der Waals surface area contributed by atoms with Gasteiger partial charge in [0.05, 0.1) is 12.0 Å². The zero-order chi connectivity index (χ0) is 18.0. The van der Waals surface area contributed by atoms with E-state index in [1.807, 2.05) is 47.2 Å². The third kappa shape index (κ3) is 3.69. The smallest absolute Gasteiger partial charge is 0.325 e. The highest BCUT2D eigenvalue weighted by Crippen LogP contribution is 2.32. The van der Waals surface area contributed by atoms with E-state index >= 15 is 0 Å². The molecule has 0 radical (unpaired) electrons. The van der Waals surface area contributed by atoms with Crippen LogP contribution in [0.2, 0.25) is 0 Å². The number of benzene rings is 1. The van der Waals surface area contributed by atoms with E-state index in [1.54, 1.807) is 6.08 Å². The van der Waals surface area contributed by atoms with Crippen LogP contribution >= 0.6 is 27.7 Å². The van der Waals surface area contributed by atoms with Gasteiger partial charge in [0.2, 0.25) is 0 Å². The summed E-state index contributed by atoms with van der Waals surface area (Å²) in [5.41, 5.74) is 1.68. The van der Waals surface area contributed by atoms with Crippen LogP contribution in [0.15, 0.2) is 52.0 Å². The fourth-order valence-corrected chi connectivity index (χ4v) is 3.40. The van der Waals surface area contributed by atoms with Crippen LogP contribution in [-0.4, -0.2) is 40.2 Å². The number of hydrogen-bond acceptors (Lipinski definition) is 5. The highest BCUT2D eigenvalue weighted by molar-refractivity contribution is 9.10. The van der Waals surface area contributed by atoms with Crippen molar-refractivity contribution in [3.8, 4) is 5.69 Å². The summed E-state index contributed by atoms with van der Waals surface area (Å²) >= 11 is 4.20. The van der Waals surface area contributed by atoms with Gasteiger partial charge in [-0.15, -0.1) is 0 Å². The van der Waals surface area contributed by atoms with Crippen molar-refractivity contribution >= 4 is 50.9 Å². The van der Waals surface area contributed by atoms with Crippen molar-refractivity contribution in [3.05, 3.63) is 57.7 Å². The maximum atomic E-state index is 12.4. The van der Waals surface area contributed by atoms with Gasteiger partial charge < -0.3 is 9.30 Å². The van der Waals surface area contributed by atoms with Crippen LogP contribution in [0.4, 0.5) is 4.79 Å². The number of thioether (sulfide) groups is 1. The van der Waals surface area contributed by atoms with Crippen LogP contribution < -0.4 is 0 Å². The summed E-state index contributed by atoms with van der Waals surface area (Å²) in [7, 11) is 1.21. The molecule has 0 spiro atoms. The lowest BCUT2D eigenvalue weighted by Gasteiger charge is -2.10. The maximum Gasteiger partial charge on any atom is 0.325 e. The van der Waals surface area contributed by atoms with Crippen LogP contribution in [0.1, 0.15) is 5.69 Å². The first-order chi connectivity index (χ1) is 12.0. The van der Waals surface area contributed by atoms with Crippen molar-refractivity contribution in [1.82, 2.24) is 9.47 Å². The zero-order valence-corrected chi connectivity index (χ0v) is 15.5. The molecular weight excluding hydrogens is 408 g/mol. The van der Waals surface area contributed by atoms with Crippen LogP contribution in [-0.2, 0) is 14.3 Å². The van der Waals surface area contributed by atoms with Crippen LogP contribution in [0.3, 0.4) is 0 Å². The third-order valence-corrected chi connectivity index (χ3v) is 4.99. The molecule has 1 aliphatic rings. The van der Waals surface area contributed by atoms with Crippen molar-refractivity contribution in [2.45, 2.75) is 0 Å². The molecule has 1 aromatic carbocycles. The second-order valence-electron chi connectivity index (χ2n) is 5.12. The second kappa shape index (κ2) is 7.28.